The molecule has 0 heterocycles. The molecule has 0 saturated heterocycles. The van der Waals surface area contributed by atoms with Crippen molar-refractivity contribution in [1.29, 1.82) is 0 Å². The van der Waals surface area contributed by atoms with Gasteiger partial charge in [-0.25, -0.2) is 9.59 Å². The smallest absolute Gasteiger partial charge is 0.408 e. The second-order valence-electron chi connectivity index (χ2n) is 8.89. The van der Waals surface area contributed by atoms with Crippen LogP contribution in [-0.4, -0.2) is 36.6 Å². The molecule has 1 unspecified atom stereocenters. The molecule has 0 aliphatic carbocycles. The van der Waals surface area contributed by atoms with Gasteiger partial charge in [0.25, 0.3) is 0 Å². The molecule has 8 heteroatoms. The number of carbonyl (C=O) groups is 3. The van der Waals surface area contributed by atoms with Crippen LogP contribution in [0.25, 0.3) is 0 Å². The Hall–Kier alpha value is -4.17. The van der Waals surface area contributed by atoms with E-state index in [1.54, 1.807) is 0 Å². The zero-order valence-corrected chi connectivity index (χ0v) is 21.4. The third-order valence-corrected chi connectivity index (χ3v) is 5.88. The summed E-state index contributed by atoms with van der Waals surface area (Å²) in [4.78, 5) is 38.9. The molecular formula is C30H35N3O5. The molecule has 0 aliphatic heterocycles. The lowest BCUT2D eigenvalue weighted by Crippen LogP contribution is -2.52. The summed E-state index contributed by atoms with van der Waals surface area (Å²) >= 11 is 0. The standard InChI is InChI=1S/C30H35N3O5/c31-19-11-10-18-26(33-30(36)38-22-25-16-8-3-9-17-25)28(34)32-27(20-23-12-4-1-5-13-23)29(35)37-21-24-14-6-2-7-15-24/h1-9,12-17,26-27H,10-11,18-22,31H2,(H,32,34)(H,33,36)/t26-,27?/m0/s1. The van der Waals surface area contributed by atoms with E-state index in [1.807, 2.05) is 91.0 Å². The van der Waals surface area contributed by atoms with Crippen molar-refractivity contribution in [2.45, 2.75) is 51.0 Å². The molecule has 38 heavy (non-hydrogen) atoms. The molecule has 4 N–H and O–H groups in total. The van der Waals surface area contributed by atoms with Crippen LogP contribution in [0.3, 0.4) is 0 Å². The number of nitrogens with two attached hydrogens (primary N) is 1. The number of benzene rings is 3. The maximum Gasteiger partial charge on any atom is 0.408 e. The fourth-order valence-electron chi connectivity index (χ4n) is 3.81. The average molecular weight is 518 g/mol. The summed E-state index contributed by atoms with van der Waals surface area (Å²) in [5.41, 5.74) is 8.15. The first-order chi connectivity index (χ1) is 18.5. The molecule has 3 rings (SSSR count). The van der Waals surface area contributed by atoms with Crippen LogP contribution in [0, 0.1) is 0 Å². The minimum atomic E-state index is -0.937. The third-order valence-electron chi connectivity index (χ3n) is 5.88. The summed E-state index contributed by atoms with van der Waals surface area (Å²) in [6, 6.07) is 26.1. The lowest BCUT2D eigenvalue weighted by Gasteiger charge is -2.23. The molecule has 0 bridgehead atoms. The second-order valence-corrected chi connectivity index (χ2v) is 8.89. The van der Waals surface area contributed by atoms with Crippen molar-refractivity contribution in [3.63, 3.8) is 0 Å². The molecule has 0 aliphatic rings. The highest BCUT2D eigenvalue weighted by Gasteiger charge is 2.28. The van der Waals surface area contributed by atoms with Crippen LogP contribution in [0.5, 0.6) is 0 Å². The van der Waals surface area contributed by atoms with E-state index in [9.17, 15) is 14.4 Å². The number of unbranched alkanes of at least 4 members (excludes halogenated alkanes) is 1. The van der Waals surface area contributed by atoms with Crippen molar-refractivity contribution in [3.05, 3.63) is 108 Å². The Kier molecular flexibility index (Phi) is 11.8. The van der Waals surface area contributed by atoms with E-state index in [-0.39, 0.29) is 19.6 Å². The van der Waals surface area contributed by atoms with Gasteiger partial charge in [-0.3, -0.25) is 4.79 Å². The summed E-state index contributed by atoms with van der Waals surface area (Å²) in [6.45, 7) is 0.631. The highest BCUT2D eigenvalue weighted by Crippen LogP contribution is 2.10. The van der Waals surface area contributed by atoms with Crippen LogP contribution >= 0.6 is 0 Å². The van der Waals surface area contributed by atoms with E-state index in [4.69, 9.17) is 15.2 Å². The Bertz CT molecular complexity index is 1130. The molecule has 0 spiro atoms. The Morgan fingerprint density at radius 3 is 1.74 bits per heavy atom. The number of nitrogens with one attached hydrogen (secondary N) is 2. The first-order valence-corrected chi connectivity index (χ1v) is 12.8. The van der Waals surface area contributed by atoms with Gasteiger partial charge in [0.15, 0.2) is 0 Å². The van der Waals surface area contributed by atoms with Crippen molar-refractivity contribution >= 4 is 18.0 Å². The van der Waals surface area contributed by atoms with Gasteiger partial charge in [0.05, 0.1) is 0 Å². The van der Waals surface area contributed by atoms with Gasteiger partial charge < -0.3 is 25.8 Å². The SMILES string of the molecule is NCCCC[C@H](NC(=O)OCc1ccccc1)C(=O)NC(Cc1ccccc1)C(=O)OCc1ccccc1. The zero-order valence-electron chi connectivity index (χ0n) is 21.4. The van der Waals surface area contributed by atoms with Gasteiger partial charge in [-0.1, -0.05) is 91.0 Å². The Morgan fingerprint density at radius 1 is 0.658 bits per heavy atom. The fourth-order valence-corrected chi connectivity index (χ4v) is 3.81. The maximum absolute atomic E-state index is 13.3. The first kappa shape index (κ1) is 28.4. The van der Waals surface area contributed by atoms with Crippen LogP contribution in [0.15, 0.2) is 91.0 Å². The van der Waals surface area contributed by atoms with E-state index in [0.717, 1.165) is 16.7 Å². The van der Waals surface area contributed by atoms with Crippen molar-refractivity contribution in [2.24, 2.45) is 5.73 Å². The van der Waals surface area contributed by atoms with Gasteiger partial charge in [0, 0.05) is 6.42 Å². The summed E-state index contributed by atoms with van der Waals surface area (Å²) < 4.78 is 10.8. The normalized spacial score (nSPS) is 12.1. The molecule has 2 amide bonds. The molecule has 0 saturated carbocycles. The topological polar surface area (TPSA) is 120 Å². The summed E-state index contributed by atoms with van der Waals surface area (Å²) in [5.74, 6) is -1.05. The Morgan fingerprint density at radius 2 is 1.18 bits per heavy atom. The van der Waals surface area contributed by atoms with E-state index >= 15 is 0 Å². The summed E-state index contributed by atoms with van der Waals surface area (Å²) in [7, 11) is 0. The highest BCUT2D eigenvalue weighted by molar-refractivity contribution is 5.89. The molecule has 200 valence electrons. The van der Waals surface area contributed by atoms with Gasteiger partial charge in [0.2, 0.25) is 5.91 Å². The monoisotopic (exact) mass is 517 g/mol. The summed E-state index contributed by atoms with van der Waals surface area (Å²) in [5, 5.41) is 5.44. The number of amides is 2. The van der Waals surface area contributed by atoms with Gasteiger partial charge in [0.1, 0.15) is 25.3 Å². The van der Waals surface area contributed by atoms with E-state index in [0.29, 0.717) is 25.8 Å². The Balaban J connectivity index is 1.66. The predicted molar refractivity (Wildman–Crippen MR) is 145 cm³/mol. The Labute approximate surface area is 223 Å². The van der Waals surface area contributed by atoms with Crippen molar-refractivity contribution in [1.82, 2.24) is 10.6 Å². The molecule has 3 aromatic carbocycles. The number of esters is 1. The molecule has 2 atom stereocenters. The summed E-state index contributed by atoms with van der Waals surface area (Å²) in [6.07, 6.45) is 1.19. The number of carbonyl (C=O) groups excluding carboxylic acids is 3. The molecule has 0 radical (unpaired) electrons. The molecule has 0 aromatic heterocycles. The van der Waals surface area contributed by atoms with Gasteiger partial charge in [-0.05, 0) is 42.5 Å². The number of alkyl carbamates (subject to hydrolysis) is 1. The van der Waals surface area contributed by atoms with Crippen molar-refractivity contribution in [2.75, 3.05) is 6.54 Å². The molecule has 0 fully saturated rings. The third kappa shape index (κ3) is 10.1. The van der Waals surface area contributed by atoms with Gasteiger partial charge >= 0.3 is 12.1 Å². The van der Waals surface area contributed by atoms with Crippen LogP contribution in [0.4, 0.5) is 4.79 Å². The number of hydrogen-bond donors (Lipinski definition) is 3. The zero-order chi connectivity index (χ0) is 27.0. The minimum Gasteiger partial charge on any atom is -0.459 e. The number of rotatable bonds is 14. The average Bonchev–Trinajstić information content (AvgIpc) is 2.95. The van der Waals surface area contributed by atoms with Crippen LogP contribution in [0.1, 0.15) is 36.0 Å². The first-order valence-electron chi connectivity index (χ1n) is 12.8. The largest absolute Gasteiger partial charge is 0.459 e. The lowest BCUT2D eigenvalue weighted by molar-refractivity contribution is -0.149. The van der Waals surface area contributed by atoms with E-state index in [2.05, 4.69) is 10.6 Å². The lowest BCUT2D eigenvalue weighted by atomic mass is 10.0. The molecular weight excluding hydrogens is 482 g/mol. The van der Waals surface area contributed by atoms with Crippen LogP contribution < -0.4 is 16.4 Å². The van der Waals surface area contributed by atoms with Crippen molar-refractivity contribution < 1.29 is 23.9 Å². The predicted octanol–water partition coefficient (Wildman–Crippen LogP) is 3.88. The molecule has 8 nitrogen and oxygen atoms in total. The fraction of sp³-hybridized carbons (Fsp3) is 0.300. The van der Waals surface area contributed by atoms with Crippen LogP contribution in [0.2, 0.25) is 0 Å². The quantitative estimate of drug-likeness (QED) is 0.221. The maximum atomic E-state index is 13.3. The van der Waals surface area contributed by atoms with E-state index < -0.39 is 30.1 Å². The minimum absolute atomic E-state index is 0.0757. The van der Waals surface area contributed by atoms with E-state index in [1.165, 1.54) is 0 Å². The van der Waals surface area contributed by atoms with Crippen molar-refractivity contribution in [3.8, 4) is 0 Å². The van der Waals surface area contributed by atoms with Gasteiger partial charge in [-0.2, -0.15) is 0 Å². The molecule has 3 aromatic rings. The number of hydrogen-bond acceptors (Lipinski definition) is 6. The number of ether oxygens (including phenoxy) is 2. The second kappa shape index (κ2) is 15.8. The van der Waals surface area contributed by atoms with Gasteiger partial charge in [-0.15, -0.1) is 0 Å². The highest BCUT2D eigenvalue weighted by atomic mass is 16.5. The van der Waals surface area contributed by atoms with Crippen LogP contribution in [-0.2, 0) is 38.7 Å².